The van der Waals surface area contributed by atoms with Crippen molar-refractivity contribution >= 4 is 16.8 Å². The summed E-state index contributed by atoms with van der Waals surface area (Å²) in [4.78, 5) is 16.8. The van der Waals surface area contributed by atoms with Gasteiger partial charge in [0.2, 0.25) is 5.91 Å². The summed E-state index contributed by atoms with van der Waals surface area (Å²) >= 11 is 0. The van der Waals surface area contributed by atoms with Crippen LogP contribution in [0.15, 0.2) is 30.5 Å². The summed E-state index contributed by atoms with van der Waals surface area (Å²) in [5, 5.41) is 4.34. The van der Waals surface area contributed by atoms with E-state index in [4.69, 9.17) is 0 Å². The van der Waals surface area contributed by atoms with Crippen molar-refractivity contribution in [3.63, 3.8) is 0 Å². The molecule has 4 nitrogen and oxygen atoms in total. The fourth-order valence-corrected chi connectivity index (χ4v) is 2.93. The summed E-state index contributed by atoms with van der Waals surface area (Å²) in [5.41, 5.74) is 2.57. The van der Waals surface area contributed by atoms with Crippen LogP contribution in [-0.4, -0.2) is 42.0 Å². The van der Waals surface area contributed by atoms with Crippen LogP contribution in [-0.2, 0) is 11.2 Å². The first-order valence-corrected chi connectivity index (χ1v) is 7.25. The molecule has 0 bridgehead atoms. The van der Waals surface area contributed by atoms with Crippen LogP contribution in [0, 0.1) is 0 Å². The van der Waals surface area contributed by atoms with E-state index in [1.54, 1.807) is 0 Å². The lowest BCUT2D eigenvalue weighted by molar-refractivity contribution is -0.119. The van der Waals surface area contributed by atoms with E-state index in [0.717, 1.165) is 25.9 Å². The van der Waals surface area contributed by atoms with Crippen LogP contribution in [0.5, 0.6) is 0 Å². The lowest BCUT2D eigenvalue weighted by Crippen LogP contribution is -2.37. The van der Waals surface area contributed by atoms with Crippen LogP contribution in [0.25, 0.3) is 10.9 Å². The van der Waals surface area contributed by atoms with E-state index in [-0.39, 0.29) is 5.91 Å². The molecule has 3 rings (SSSR count). The number of carbonyl (C=O) groups is 1. The Hall–Kier alpha value is -1.81. The van der Waals surface area contributed by atoms with Gasteiger partial charge < -0.3 is 15.2 Å². The average Bonchev–Trinajstić information content (AvgIpc) is 3.03. The first-order valence-electron chi connectivity index (χ1n) is 7.25. The fourth-order valence-electron chi connectivity index (χ4n) is 2.93. The number of aromatic nitrogens is 1. The summed E-state index contributed by atoms with van der Waals surface area (Å²) < 4.78 is 0. The molecular weight excluding hydrogens is 250 g/mol. The highest BCUT2D eigenvalue weighted by Gasteiger charge is 2.21. The molecule has 20 heavy (non-hydrogen) atoms. The summed E-state index contributed by atoms with van der Waals surface area (Å²) in [6.45, 7) is 1.95. The maximum Gasteiger partial charge on any atom is 0.220 e. The smallest absolute Gasteiger partial charge is 0.220 e. The Morgan fingerprint density at radius 3 is 3.00 bits per heavy atom. The third kappa shape index (κ3) is 2.85. The van der Waals surface area contributed by atoms with Crippen molar-refractivity contribution in [2.45, 2.75) is 25.3 Å². The zero-order valence-corrected chi connectivity index (χ0v) is 11.9. The second kappa shape index (κ2) is 5.67. The molecule has 1 saturated heterocycles. The molecule has 1 aromatic heterocycles. The number of carbonyl (C=O) groups excluding carboxylic acids is 1. The minimum absolute atomic E-state index is 0.194. The minimum atomic E-state index is 0.194. The Morgan fingerprint density at radius 2 is 2.20 bits per heavy atom. The summed E-state index contributed by atoms with van der Waals surface area (Å²) in [7, 11) is 2.12. The lowest BCUT2D eigenvalue weighted by atomic mass is 10.1. The van der Waals surface area contributed by atoms with Crippen molar-refractivity contribution < 1.29 is 4.79 Å². The normalized spacial score (nSPS) is 18.9. The van der Waals surface area contributed by atoms with Gasteiger partial charge in [-0.05, 0) is 31.5 Å². The Bertz CT molecular complexity index is 605. The molecule has 0 saturated carbocycles. The van der Waals surface area contributed by atoms with Crippen LogP contribution >= 0.6 is 0 Å². The number of para-hydroxylation sites is 1. The molecule has 1 amide bonds. The number of hydrogen-bond donors (Lipinski definition) is 2. The van der Waals surface area contributed by atoms with Gasteiger partial charge in [-0.1, -0.05) is 18.2 Å². The molecule has 2 heterocycles. The number of rotatable bonds is 5. The molecule has 1 aromatic carbocycles. The van der Waals surface area contributed by atoms with E-state index in [1.165, 1.54) is 16.5 Å². The number of likely N-dealkylation sites (N-methyl/N-ethyl adjacent to an activating group) is 1. The van der Waals surface area contributed by atoms with Crippen molar-refractivity contribution in [1.82, 2.24) is 15.2 Å². The van der Waals surface area contributed by atoms with Gasteiger partial charge in [-0.25, -0.2) is 0 Å². The Kier molecular flexibility index (Phi) is 3.74. The summed E-state index contributed by atoms with van der Waals surface area (Å²) in [5.74, 6) is 0.194. The Labute approximate surface area is 119 Å². The van der Waals surface area contributed by atoms with Crippen LogP contribution in [0.3, 0.4) is 0 Å². The van der Waals surface area contributed by atoms with Gasteiger partial charge in [0.05, 0.1) is 0 Å². The second-order valence-electron chi connectivity index (χ2n) is 5.67. The number of amides is 1. The van der Waals surface area contributed by atoms with Gasteiger partial charge in [0.25, 0.3) is 0 Å². The van der Waals surface area contributed by atoms with E-state index in [1.807, 2.05) is 0 Å². The van der Waals surface area contributed by atoms with Gasteiger partial charge >= 0.3 is 0 Å². The third-order valence-electron chi connectivity index (χ3n) is 4.05. The number of benzene rings is 1. The molecule has 1 fully saturated rings. The molecule has 0 spiro atoms. The van der Waals surface area contributed by atoms with Gasteiger partial charge in [-0.15, -0.1) is 0 Å². The van der Waals surface area contributed by atoms with E-state index in [9.17, 15) is 4.79 Å². The maximum absolute atomic E-state index is 11.2. The Morgan fingerprint density at radius 1 is 1.35 bits per heavy atom. The predicted octanol–water partition coefficient (Wildman–Crippen LogP) is 1.92. The zero-order valence-electron chi connectivity index (χ0n) is 11.9. The van der Waals surface area contributed by atoms with Crippen molar-refractivity contribution in [3.05, 3.63) is 36.0 Å². The molecule has 2 aromatic rings. The number of H-pyrrole nitrogens is 1. The summed E-state index contributed by atoms with van der Waals surface area (Å²) in [6.07, 6.45) is 4.79. The van der Waals surface area contributed by atoms with Gasteiger partial charge in [0.15, 0.2) is 0 Å². The highest BCUT2D eigenvalue weighted by Crippen LogP contribution is 2.18. The fraction of sp³-hybridized carbons (Fsp3) is 0.438. The topological polar surface area (TPSA) is 48.1 Å². The number of nitrogens with one attached hydrogen (secondary N) is 2. The third-order valence-corrected chi connectivity index (χ3v) is 4.05. The van der Waals surface area contributed by atoms with Crippen LogP contribution in [0.2, 0.25) is 0 Å². The van der Waals surface area contributed by atoms with Gasteiger partial charge in [-0.3, -0.25) is 4.79 Å². The molecule has 1 aliphatic rings. The number of nitrogens with zero attached hydrogens (tertiary/aromatic N) is 1. The summed E-state index contributed by atoms with van der Waals surface area (Å²) in [6, 6.07) is 8.74. The predicted molar refractivity (Wildman–Crippen MR) is 80.7 cm³/mol. The largest absolute Gasteiger partial charge is 0.361 e. The van der Waals surface area contributed by atoms with Crippen molar-refractivity contribution in [2.75, 3.05) is 20.1 Å². The molecule has 0 radical (unpaired) electrons. The van der Waals surface area contributed by atoms with Gasteiger partial charge in [0.1, 0.15) is 0 Å². The van der Waals surface area contributed by atoms with Crippen LogP contribution < -0.4 is 5.32 Å². The van der Waals surface area contributed by atoms with Gasteiger partial charge in [-0.2, -0.15) is 0 Å². The molecule has 4 heteroatoms. The lowest BCUT2D eigenvalue weighted by Gasteiger charge is -2.20. The highest BCUT2D eigenvalue weighted by molar-refractivity contribution is 5.83. The van der Waals surface area contributed by atoms with Crippen molar-refractivity contribution in [2.24, 2.45) is 0 Å². The van der Waals surface area contributed by atoms with Gasteiger partial charge in [0, 0.05) is 42.7 Å². The molecular formula is C16H21N3O. The zero-order chi connectivity index (χ0) is 13.9. The molecule has 1 aliphatic heterocycles. The SMILES string of the molecule is CN(CCc1c[nH]c2ccccc12)C[C@H]1CCC(=O)N1. The maximum atomic E-state index is 11.2. The van der Waals surface area contributed by atoms with E-state index in [2.05, 4.69) is 52.7 Å². The molecule has 0 aliphatic carbocycles. The highest BCUT2D eigenvalue weighted by atomic mass is 16.1. The minimum Gasteiger partial charge on any atom is -0.361 e. The number of aromatic amines is 1. The van der Waals surface area contributed by atoms with E-state index < -0.39 is 0 Å². The second-order valence-corrected chi connectivity index (χ2v) is 5.67. The van der Waals surface area contributed by atoms with E-state index in [0.29, 0.717) is 12.5 Å². The number of fused-ring (bicyclic) bond motifs is 1. The van der Waals surface area contributed by atoms with Crippen LogP contribution in [0.1, 0.15) is 18.4 Å². The van der Waals surface area contributed by atoms with E-state index >= 15 is 0 Å². The quantitative estimate of drug-likeness (QED) is 0.873. The number of hydrogen-bond acceptors (Lipinski definition) is 2. The van der Waals surface area contributed by atoms with Crippen LogP contribution in [0.4, 0.5) is 0 Å². The first kappa shape index (κ1) is 13.2. The first-order chi connectivity index (χ1) is 9.72. The average molecular weight is 271 g/mol. The standard InChI is InChI=1S/C16H21N3O/c1-19(11-13-6-7-16(20)18-13)9-8-12-10-17-15-5-3-2-4-14(12)15/h2-5,10,13,17H,6-9,11H2,1H3,(H,18,20)/t13-/m1/s1. The molecule has 0 unspecified atom stereocenters. The van der Waals surface area contributed by atoms with Crippen molar-refractivity contribution in [1.29, 1.82) is 0 Å². The Balaban J connectivity index is 1.55. The molecule has 1 atom stereocenters. The molecule has 2 N–H and O–H groups in total. The molecule has 106 valence electrons. The monoisotopic (exact) mass is 271 g/mol. The van der Waals surface area contributed by atoms with Crippen molar-refractivity contribution in [3.8, 4) is 0 Å².